The summed E-state index contributed by atoms with van der Waals surface area (Å²) in [5.41, 5.74) is 11.8. The maximum atomic E-state index is 5.20. The van der Waals surface area contributed by atoms with Crippen LogP contribution in [0.5, 0.6) is 0 Å². The molecule has 4 aromatic carbocycles. The molecule has 0 atom stereocenters. The van der Waals surface area contributed by atoms with Crippen molar-refractivity contribution in [2.75, 3.05) is 0 Å². The van der Waals surface area contributed by atoms with Crippen molar-refractivity contribution in [3.05, 3.63) is 185 Å². The Bertz CT molecular complexity index is 2890. The Morgan fingerprint density at radius 2 is 1.53 bits per heavy atom. The van der Waals surface area contributed by atoms with E-state index in [2.05, 4.69) is 131 Å². The third kappa shape index (κ3) is 6.63. The summed E-state index contributed by atoms with van der Waals surface area (Å²) in [6.07, 6.45) is 21.4. The molecule has 3 heterocycles. The maximum Gasteiger partial charge on any atom is 0.238 e. The predicted molar refractivity (Wildman–Crippen MR) is 238 cm³/mol. The van der Waals surface area contributed by atoms with E-state index in [1.165, 1.54) is 22.1 Å². The molecule has 0 spiro atoms. The fraction of sp³-hybridized carbons (Fsp3) is 0.100. The molecule has 57 heavy (non-hydrogen) atoms. The van der Waals surface area contributed by atoms with Crippen molar-refractivity contribution in [1.82, 2.24) is 24.1 Å². The zero-order chi connectivity index (χ0) is 38.7. The van der Waals surface area contributed by atoms with Gasteiger partial charge < -0.3 is 4.57 Å². The summed E-state index contributed by atoms with van der Waals surface area (Å²) in [4.78, 5) is 24.7. The molecule has 3 aromatic heterocycles. The van der Waals surface area contributed by atoms with Crippen LogP contribution < -0.4 is 0 Å². The molecule has 7 heteroatoms. The number of aromatic nitrogens is 5. The van der Waals surface area contributed by atoms with Crippen LogP contribution in [0.25, 0.3) is 68.5 Å². The lowest BCUT2D eigenvalue weighted by molar-refractivity contribution is 0.757. The minimum Gasteiger partial charge on any atom is -0.320 e. The van der Waals surface area contributed by atoms with E-state index >= 15 is 0 Å². The first kappa shape index (κ1) is 35.5. The first-order valence-corrected chi connectivity index (χ1v) is 19.4. The predicted octanol–water partition coefficient (Wildman–Crippen LogP) is 11.8. The van der Waals surface area contributed by atoms with Gasteiger partial charge in [0.15, 0.2) is 17.5 Å². The first-order valence-electron chi connectivity index (χ1n) is 19.4. The number of hydrogen-bond donors (Lipinski definition) is 0. The van der Waals surface area contributed by atoms with Gasteiger partial charge in [-0.2, -0.15) is 9.97 Å². The van der Waals surface area contributed by atoms with Crippen LogP contribution in [0.2, 0.25) is 0 Å². The SMILES string of the molecule is C=N/C(=N\Cn1c2c(c3ccccc31)/C1=C/c3c(n(-c4nc(C(/C=C\CC)=C/C)nc(-c5ccccc5)n4)c4ccccc34)\C=C/C(=C/C=C\2)C1)c1ccccc1. The molecule has 0 aliphatic heterocycles. The lowest BCUT2D eigenvalue weighted by Crippen LogP contribution is -2.09. The van der Waals surface area contributed by atoms with Gasteiger partial charge in [-0.1, -0.05) is 140 Å². The highest BCUT2D eigenvalue weighted by Crippen LogP contribution is 2.42. The van der Waals surface area contributed by atoms with Gasteiger partial charge in [0.1, 0.15) is 6.67 Å². The number of benzene rings is 4. The van der Waals surface area contributed by atoms with Crippen molar-refractivity contribution in [3.8, 4) is 17.3 Å². The lowest BCUT2D eigenvalue weighted by atomic mass is 9.89. The van der Waals surface area contributed by atoms with Crippen LogP contribution in [-0.2, 0) is 6.67 Å². The van der Waals surface area contributed by atoms with Gasteiger partial charge in [-0.15, -0.1) is 0 Å². The zero-order valence-corrected chi connectivity index (χ0v) is 32.0. The standard InChI is InChI=1S/C50H41N7/c1-4-6-19-35(5-2)48-53-49(37-22-11-8-12-23-37)55-50(54-48)57-43-27-16-13-24-39(43)41-32-38-31-34(29-30-44(41)57)18-17-28-45-46(38)40-25-14-15-26-42(40)56(45)33-52-47(51-3)36-20-9-7-10-21-36/h5-30,32H,3-4,31,33H2,1-2H3/b18-17?,19-6-,28-17-,30-29-,34-18-,34-29?,35-5+,38-32+,41-32?,44-30?,45-28?,46-38?,52-47-. The van der Waals surface area contributed by atoms with Gasteiger partial charge in [0.2, 0.25) is 5.95 Å². The number of rotatable bonds is 8. The minimum atomic E-state index is 0.394. The molecule has 2 aliphatic carbocycles. The number of nitrogens with zero attached hydrogens (tertiary/aromatic N) is 7. The molecule has 9 rings (SSSR count). The highest BCUT2D eigenvalue weighted by atomic mass is 15.2. The maximum absolute atomic E-state index is 5.20. The lowest BCUT2D eigenvalue weighted by Gasteiger charge is -2.16. The van der Waals surface area contributed by atoms with Crippen LogP contribution in [0.1, 0.15) is 60.6 Å². The molecule has 0 saturated carbocycles. The van der Waals surface area contributed by atoms with Crippen molar-refractivity contribution in [2.45, 2.75) is 33.4 Å². The quantitative estimate of drug-likeness (QED) is 0.0885. The third-order valence-corrected chi connectivity index (χ3v) is 10.5. The first-order chi connectivity index (χ1) is 28.1. The van der Waals surface area contributed by atoms with Gasteiger partial charge in [-0.05, 0) is 68.0 Å². The average Bonchev–Trinajstić information content (AvgIpc) is 3.72. The summed E-state index contributed by atoms with van der Waals surface area (Å²) >= 11 is 0. The number of amidine groups is 1. The van der Waals surface area contributed by atoms with E-state index in [1.807, 2.05) is 67.6 Å². The smallest absolute Gasteiger partial charge is 0.238 e. The summed E-state index contributed by atoms with van der Waals surface area (Å²) in [6.45, 7) is 8.40. The third-order valence-electron chi connectivity index (χ3n) is 10.5. The zero-order valence-electron chi connectivity index (χ0n) is 32.0. The van der Waals surface area contributed by atoms with Crippen molar-refractivity contribution in [1.29, 1.82) is 0 Å². The largest absolute Gasteiger partial charge is 0.320 e. The highest BCUT2D eigenvalue weighted by Gasteiger charge is 2.25. The number of para-hydroxylation sites is 2. The Morgan fingerprint density at radius 3 is 2.30 bits per heavy atom. The Balaban J connectivity index is 1.27. The molecule has 0 N–H and O–H groups in total. The molecule has 0 saturated heterocycles. The number of aliphatic imine (C=N–C) groups is 2. The highest BCUT2D eigenvalue weighted by molar-refractivity contribution is 6.07. The second kappa shape index (κ2) is 15.5. The molecular weight excluding hydrogens is 699 g/mol. The molecule has 7 nitrogen and oxygen atoms in total. The molecule has 276 valence electrons. The molecule has 0 unspecified atom stereocenters. The molecule has 2 bridgehead atoms. The molecule has 0 radical (unpaired) electrons. The Kier molecular flexibility index (Phi) is 9.63. The van der Waals surface area contributed by atoms with E-state index in [0.29, 0.717) is 30.1 Å². The van der Waals surface area contributed by atoms with E-state index < -0.39 is 0 Å². The molecule has 0 fully saturated rings. The summed E-state index contributed by atoms with van der Waals surface area (Å²) < 4.78 is 4.48. The molecule has 2 aliphatic rings. The second-order valence-corrected chi connectivity index (χ2v) is 14.0. The van der Waals surface area contributed by atoms with Gasteiger partial charge in [0.05, 0.1) is 22.4 Å². The summed E-state index contributed by atoms with van der Waals surface area (Å²) in [5, 5.41) is 2.30. The number of fused-ring (bicyclic) bond motifs is 9. The van der Waals surface area contributed by atoms with Gasteiger partial charge in [0, 0.05) is 38.6 Å². The minimum absolute atomic E-state index is 0.394. The van der Waals surface area contributed by atoms with Crippen LogP contribution >= 0.6 is 0 Å². The fourth-order valence-electron chi connectivity index (χ4n) is 7.84. The van der Waals surface area contributed by atoms with Gasteiger partial charge in [0.25, 0.3) is 0 Å². The molecular formula is C50H41N7. The van der Waals surface area contributed by atoms with E-state index in [-0.39, 0.29) is 0 Å². The van der Waals surface area contributed by atoms with E-state index in [1.54, 1.807) is 0 Å². The van der Waals surface area contributed by atoms with Crippen LogP contribution in [0.15, 0.2) is 161 Å². The monoisotopic (exact) mass is 739 g/mol. The van der Waals surface area contributed by atoms with Crippen LogP contribution in [0.4, 0.5) is 0 Å². The van der Waals surface area contributed by atoms with Gasteiger partial charge >= 0.3 is 0 Å². The van der Waals surface area contributed by atoms with Crippen molar-refractivity contribution < 1.29 is 0 Å². The van der Waals surface area contributed by atoms with E-state index in [4.69, 9.17) is 19.9 Å². The van der Waals surface area contributed by atoms with Crippen molar-refractivity contribution in [2.24, 2.45) is 9.98 Å². The van der Waals surface area contributed by atoms with E-state index in [9.17, 15) is 0 Å². The van der Waals surface area contributed by atoms with E-state index in [0.717, 1.165) is 62.9 Å². The van der Waals surface area contributed by atoms with Crippen LogP contribution in [0, 0.1) is 0 Å². The second-order valence-electron chi connectivity index (χ2n) is 14.0. The Morgan fingerprint density at radius 1 is 0.789 bits per heavy atom. The van der Waals surface area contributed by atoms with Crippen LogP contribution in [0.3, 0.4) is 0 Å². The average molecular weight is 740 g/mol. The molecule has 7 aromatic rings. The number of hydrogen-bond acceptors (Lipinski definition) is 4. The topological polar surface area (TPSA) is 73.2 Å². The summed E-state index contributed by atoms with van der Waals surface area (Å²) in [6, 6.07) is 37.3. The Hall–Kier alpha value is -7.25. The van der Waals surface area contributed by atoms with Crippen molar-refractivity contribution in [3.63, 3.8) is 0 Å². The summed E-state index contributed by atoms with van der Waals surface area (Å²) in [7, 11) is 0. The van der Waals surface area contributed by atoms with Crippen LogP contribution in [-0.4, -0.2) is 36.6 Å². The normalized spacial score (nSPS) is 17.1. The van der Waals surface area contributed by atoms with Crippen molar-refractivity contribution >= 4 is 63.7 Å². The van der Waals surface area contributed by atoms with Gasteiger partial charge in [-0.25, -0.2) is 15.0 Å². The Labute approximate surface area is 332 Å². The number of allylic oxidation sites excluding steroid dienone is 9. The summed E-state index contributed by atoms with van der Waals surface area (Å²) in [5.74, 6) is 2.44. The van der Waals surface area contributed by atoms with Gasteiger partial charge in [-0.3, -0.25) is 4.57 Å². The fourth-order valence-corrected chi connectivity index (χ4v) is 7.84. The molecule has 0 amide bonds.